The molecule has 1 saturated heterocycles. The number of hydrogen-bond donors (Lipinski definition) is 2. The second-order valence-corrected chi connectivity index (χ2v) is 10.3. The first-order chi connectivity index (χ1) is 16.4. The number of ether oxygens (including phenoxy) is 1. The summed E-state index contributed by atoms with van der Waals surface area (Å²) in [4.78, 5) is 39.1. The molecule has 7 nitrogen and oxygen atoms in total. The smallest absolute Gasteiger partial charge is 0.407 e. The lowest BCUT2D eigenvalue weighted by molar-refractivity contribution is -0.150. The van der Waals surface area contributed by atoms with Crippen molar-refractivity contribution >= 4 is 29.7 Å². The van der Waals surface area contributed by atoms with E-state index < -0.39 is 24.1 Å². The lowest BCUT2D eigenvalue weighted by Gasteiger charge is -2.35. The number of carboxylic acids is 1. The number of alkyl carbamates (subject to hydrolysis) is 1. The molecule has 8 heteroatoms. The molecular formula is C26H30N2O5S. The molecule has 4 rings (SSSR count). The van der Waals surface area contributed by atoms with Crippen LogP contribution in [0.1, 0.15) is 37.3 Å². The monoisotopic (exact) mass is 482 g/mol. The number of nitrogens with zero attached hydrogens (tertiary/aromatic N) is 1. The molecule has 0 radical (unpaired) electrons. The first kappa shape index (κ1) is 24.1. The molecule has 2 aliphatic rings. The SMILES string of the molecule is CC(C)CC(NC(=O)OCC1c2ccccc2-c2ccccc21)C(=O)N1CCSCC1C(=O)O. The molecule has 2 unspecified atom stereocenters. The van der Waals surface area contributed by atoms with E-state index in [4.69, 9.17) is 4.74 Å². The third-order valence-corrected chi connectivity index (χ3v) is 7.36. The van der Waals surface area contributed by atoms with Crippen molar-refractivity contribution < 1.29 is 24.2 Å². The highest BCUT2D eigenvalue weighted by Gasteiger charge is 2.37. The second-order valence-electron chi connectivity index (χ2n) is 9.11. The number of amides is 2. The number of thioether (sulfide) groups is 1. The van der Waals surface area contributed by atoms with E-state index in [-0.39, 0.29) is 24.3 Å². The topological polar surface area (TPSA) is 95.9 Å². The maximum Gasteiger partial charge on any atom is 0.407 e. The molecule has 1 heterocycles. The molecule has 2 aromatic rings. The van der Waals surface area contributed by atoms with E-state index in [1.165, 1.54) is 16.7 Å². The number of nitrogens with one attached hydrogen (secondary N) is 1. The van der Waals surface area contributed by atoms with Gasteiger partial charge in [-0.15, -0.1) is 0 Å². The fraction of sp³-hybridized carbons (Fsp3) is 0.423. The average molecular weight is 483 g/mol. The van der Waals surface area contributed by atoms with Gasteiger partial charge in [0, 0.05) is 24.0 Å². The summed E-state index contributed by atoms with van der Waals surface area (Å²) >= 11 is 1.52. The van der Waals surface area contributed by atoms with Crippen molar-refractivity contribution in [2.75, 3.05) is 24.7 Å². The van der Waals surface area contributed by atoms with Crippen LogP contribution in [0, 0.1) is 5.92 Å². The molecule has 0 bridgehead atoms. The van der Waals surface area contributed by atoms with E-state index in [9.17, 15) is 19.5 Å². The van der Waals surface area contributed by atoms with Crippen LogP contribution >= 0.6 is 11.8 Å². The van der Waals surface area contributed by atoms with Crippen LogP contribution in [0.3, 0.4) is 0 Å². The van der Waals surface area contributed by atoms with Crippen molar-refractivity contribution in [1.29, 1.82) is 0 Å². The molecule has 1 aliphatic carbocycles. The number of hydrogen-bond acceptors (Lipinski definition) is 5. The van der Waals surface area contributed by atoms with Gasteiger partial charge in [0.25, 0.3) is 0 Å². The summed E-state index contributed by atoms with van der Waals surface area (Å²) < 4.78 is 5.62. The van der Waals surface area contributed by atoms with Crippen molar-refractivity contribution in [2.45, 2.75) is 38.3 Å². The van der Waals surface area contributed by atoms with Crippen LogP contribution in [0.15, 0.2) is 48.5 Å². The van der Waals surface area contributed by atoms with E-state index in [2.05, 4.69) is 17.4 Å². The Bertz CT molecular complexity index is 1030. The maximum atomic E-state index is 13.3. The molecule has 0 saturated carbocycles. The van der Waals surface area contributed by atoms with Gasteiger partial charge in [-0.3, -0.25) is 4.79 Å². The fourth-order valence-corrected chi connectivity index (χ4v) is 5.79. The van der Waals surface area contributed by atoms with Gasteiger partial charge in [-0.1, -0.05) is 62.4 Å². The van der Waals surface area contributed by atoms with Crippen LogP contribution in [-0.4, -0.2) is 64.7 Å². The summed E-state index contributed by atoms with van der Waals surface area (Å²) in [7, 11) is 0. The minimum atomic E-state index is -1.02. The Kier molecular flexibility index (Phi) is 7.46. The number of carbonyl (C=O) groups is 3. The van der Waals surface area contributed by atoms with E-state index >= 15 is 0 Å². The zero-order valence-electron chi connectivity index (χ0n) is 19.4. The molecule has 34 heavy (non-hydrogen) atoms. The van der Waals surface area contributed by atoms with Crippen LogP contribution in [0.4, 0.5) is 4.79 Å². The summed E-state index contributed by atoms with van der Waals surface area (Å²) in [6.07, 6.45) is -0.266. The predicted molar refractivity (Wildman–Crippen MR) is 132 cm³/mol. The molecule has 0 spiro atoms. The molecule has 2 amide bonds. The van der Waals surface area contributed by atoms with Gasteiger partial charge in [0.1, 0.15) is 18.7 Å². The van der Waals surface area contributed by atoms with Crippen LogP contribution in [0.2, 0.25) is 0 Å². The van der Waals surface area contributed by atoms with Crippen molar-refractivity contribution in [1.82, 2.24) is 10.2 Å². The van der Waals surface area contributed by atoms with Gasteiger partial charge in [0.05, 0.1) is 0 Å². The third-order valence-electron chi connectivity index (χ3n) is 6.34. The Hall–Kier alpha value is -3.00. The Morgan fingerprint density at radius 3 is 2.29 bits per heavy atom. The first-order valence-corrected chi connectivity index (χ1v) is 12.7. The van der Waals surface area contributed by atoms with Crippen LogP contribution in [0.5, 0.6) is 0 Å². The van der Waals surface area contributed by atoms with Gasteiger partial charge in [0.2, 0.25) is 5.91 Å². The van der Waals surface area contributed by atoms with Crippen molar-refractivity contribution in [3.63, 3.8) is 0 Å². The first-order valence-electron chi connectivity index (χ1n) is 11.6. The molecule has 0 aromatic heterocycles. The molecule has 180 valence electrons. The number of aliphatic carboxylic acids is 1. The molecule has 2 atom stereocenters. The van der Waals surface area contributed by atoms with Crippen LogP contribution < -0.4 is 5.32 Å². The van der Waals surface area contributed by atoms with E-state index in [1.807, 2.05) is 50.2 Å². The summed E-state index contributed by atoms with van der Waals surface area (Å²) in [5, 5.41) is 12.3. The van der Waals surface area contributed by atoms with Gasteiger partial charge >= 0.3 is 12.1 Å². The Labute approximate surface area is 203 Å². The van der Waals surface area contributed by atoms with E-state index in [0.29, 0.717) is 24.5 Å². The average Bonchev–Trinajstić information content (AvgIpc) is 3.15. The number of carbonyl (C=O) groups excluding carboxylic acids is 2. The number of benzene rings is 2. The van der Waals surface area contributed by atoms with Crippen LogP contribution in [0.25, 0.3) is 11.1 Å². The minimum Gasteiger partial charge on any atom is -0.480 e. The summed E-state index contributed by atoms with van der Waals surface area (Å²) in [6, 6.07) is 14.5. The quantitative estimate of drug-likeness (QED) is 0.620. The highest BCUT2D eigenvalue weighted by molar-refractivity contribution is 7.99. The maximum absolute atomic E-state index is 13.3. The van der Waals surface area contributed by atoms with Crippen molar-refractivity contribution in [2.24, 2.45) is 5.92 Å². The summed E-state index contributed by atoms with van der Waals surface area (Å²) in [6.45, 7) is 4.42. The Morgan fingerprint density at radius 2 is 1.71 bits per heavy atom. The lowest BCUT2D eigenvalue weighted by atomic mass is 9.98. The standard InChI is InChI=1S/C26H30N2O5S/c1-16(2)13-22(24(29)28-11-12-34-15-23(28)25(30)31)27-26(32)33-14-21-19-9-5-3-7-17(19)18-8-4-6-10-20(18)21/h3-10,16,21-23H,11-15H2,1-2H3,(H,27,32)(H,30,31). The fourth-order valence-electron chi connectivity index (χ4n) is 4.75. The predicted octanol–water partition coefficient (Wildman–Crippen LogP) is 3.97. The minimum absolute atomic E-state index is 0.0760. The third kappa shape index (κ3) is 5.06. The van der Waals surface area contributed by atoms with Gasteiger partial charge in [-0.25, -0.2) is 9.59 Å². The second kappa shape index (κ2) is 10.5. The zero-order chi connectivity index (χ0) is 24.2. The molecule has 2 N–H and O–H groups in total. The number of fused-ring (bicyclic) bond motifs is 3. The highest BCUT2D eigenvalue weighted by atomic mass is 32.2. The lowest BCUT2D eigenvalue weighted by Crippen LogP contribution is -2.57. The number of rotatable bonds is 7. The van der Waals surface area contributed by atoms with Crippen molar-refractivity contribution in [3.8, 4) is 11.1 Å². The molecule has 1 fully saturated rings. The van der Waals surface area contributed by atoms with Gasteiger partial charge in [-0.2, -0.15) is 11.8 Å². The van der Waals surface area contributed by atoms with Gasteiger partial charge < -0.3 is 20.1 Å². The van der Waals surface area contributed by atoms with Gasteiger partial charge in [0.15, 0.2) is 0 Å². The Morgan fingerprint density at radius 1 is 1.09 bits per heavy atom. The molecule has 1 aliphatic heterocycles. The largest absolute Gasteiger partial charge is 0.480 e. The molecular weight excluding hydrogens is 452 g/mol. The van der Waals surface area contributed by atoms with Gasteiger partial charge in [-0.05, 0) is 34.6 Å². The normalized spacial score (nSPS) is 18.2. The Balaban J connectivity index is 1.45. The van der Waals surface area contributed by atoms with Crippen LogP contribution in [-0.2, 0) is 14.3 Å². The summed E-state index contributed by atoms with van der Waals surface area (Å²) in [5.74, 6) is -0.312. The zero-order valence-corrected chi connectivity index (χ0v) is 20.2. The van der Waals surface area contributed by atoms with Crippen molar-refractivity contribution in [3.05, 3.63) is 59.7 Å². The summed E-state index contributed by atoms with van der Waals surface area (Å²) in [5.41, 5.74) is 4.51. The number of carboxylic acid groups (broad SMARTS) is 1. The molecule has 2 aromatic carbocycles. The highest BCUT2D eigenvalue weighted by Crippen LogP contribution is 2.44. The van der Waals surface area contributed by atoms with E-state index in [0.717, 1.165) is 22.3 Å². The van der Waals surface area contributed by atoms with E-state index in [1.54, 1.807) is 0 Å².